The van der Waals surface area contributed by atoms with Crippen LogP contribution in [0.2, 0.25) is 0 Å². The van der Waals surface area contributed by atoms with Gasteiger partial charge in [0.15, 0.2) is 0 Å². The topological polar surface area (TPSA) is 49.2 Å². The fourth-order valence-corrected chi connectivity index (χ4v) is 3.61. The molecule has 2 fully saturated rings. The SMILES string of the molecule is c1ccc(-n2cc(CN3CCC(N4CCNCC4)C3)nn2)cc1. The lowest BCUT2D eigenvalue weighted by Crippen LogP contribution is -2.49. The summed E-state index contributed by atoms with van der Waals surface area (Å²) in [5, 5.41) is 12.0. The third-order valence-corrected chi connectivity index (χ3v) is 4.86. The number of hydrogen-bond acceptors (Lipinski definition) is 5. The number of nitrogens with one attached hydrogen (secondary N) is 1. The average molecular weight is 312 g/mol. The van der Waals surface area contributed by atoms with Crippen LogP contribution in [-0.4, -0.2) is 70.1 Å². The highest BCUT2D eigenvalue weighted by Crippen LogP contribution is 2.18. The first-order valence-corrected chi connectivity index (χ1v) is 8.52. The van der Waals surface area contributed by atoms with Gasteiger partial charge < -0.3 is 5.32 Å². The molecule has 0 amide bonds. The Bertz CT molecular complexity index is 619. The third-order valence-electron chi connectivity index (χ3n) is 4.86. The number of piperazine rings is 1. The Labute approximate surface area is 137 Å². The molecule has 1 unspecified atom stereocenters. The lowest BCUT2D eigenvalue weighted by Gasteiger charge is -2.32. The molecule has 2 saturated heterocycles. The van der Waals surface area contributed by atoms with Crippen LogP contribution in [0.3, 0.4) is 0 Å². The molecule has 122 valence electrons. The van der Waals surface area contributed by atoms with E-state index in [0.717, 1.165) is 44.1 Å². The molecule has 0 spiro atoms. The molecule has 2 aliphatic rings. The van der Waals surface area contributed by atoms with Gasteiger partial charge in [-0.1, -0.05) is 23.4 Å². The fourth-order valence-electron chi connectivity index (χ4n) is 3.61. The lowest BCUT2D eigenvalue weighted by atomic mass is 10.2. The highest BCUT2D eigenvalue weighted by Gasteiger charge is 2.28. The van der Waals surface area contributed by atoms with Gasteiger partial charge >= 0.3 is 0 Å². The van der Waals surface area contributed by atoms with Crippen LogP contribution in [0.15, 0.2) is 36.5 Å². The lowest BCUT2D eigenvalue weighted by molar-refractivity contribution is 0.170. The second-order valence-electron chi connectivity index (χ2n) is 6.45. The summed E-state index contributed by atoms with van der Waals surface area (Å²) in [6.45, 7) is 7.83. The Morgan fingerprint density at radius 1 is 1.09 bits per heavy atom. The molecule has 0 aliphatic carbocycles. The molecule has 23 heavy (non-hydrogen) atoms. The summed E-state index contributed by atoms with van der Waals surface area (Å²) in [6, 6.07) is 10.9. The van der Waals surface area contributed by atoms with Gasteiger partial charge in [0.2, 0.25) is 0 Å². The third kappa shape index (κ3) is 3.44. The Kier molecular flexibility index (Phi) is 4.37. The summed E-state index contributed by atoms with van der Waals surface area (Å²) in [4.78, 5) is 5.14. The summed E-state index contributed by atoms with van der Waals surface area (Å²) in [5.74, 6) is 0. The minimum atomic E-state index is 0.710. The van der Waals surface area contributed by atoms with E-state index < -0.39 is 0 Å². The number of para-hydroxylation sites is 1. The van der Waals surface area contributed by atoms with Crippen molar-refractivity contribution >= 4 is 0 Å². The van der Waals surface area contributed by atoms with Crippen molar-refractivity contribution < 1.29 is 0 Å². The molecule has 0 saturated carbocycles. The zero-order valence-corrected chi connectivity index (χ0v) is 13.4. The molecule has 4 rings (SSSR count). The van der Waals surface area contributed by atoms with Crippen LogP contribution in [0.25, 0.3) is 5.69 Å². The zero-order valence-electron chi connectivity index (χ0n) is 13.4. The normalized spacial score (nSPS) is 23.4. The van der Waals surface area contributed by atoms with Crippen LogP contribution < -0.4 is 5.32 Å². The van der Waals surface area contributed by atoms with E-state index in [2.05, 4.69) is 37.6 Å². The van der Waals surface area contributed by atoms with E-state index in [0.29, 0.717) is 6.04 Å². The maximum Gasteiger partial charge on any atom is 0.0971 e. The van der Waals surface area contributed by atoms with Gasteiger partial charge in [0, 0.05) is 51.9 Å². The van der Waals surface area contributed by atoms with Gasteiger partial charge in [-0.15, -0.1) is 5.10 Å². The molecule has 6 heteroatoms. The van der Waals surface area contributed by atoms with Crippen LogP contribution in [0.5, 0.6) is 0 Å². The standard InChI is InChI=1S/C17H24N6/c1-2-4-16(5-3-1)23-13-15(19-20-23)12-21-9-6-17(14-21)22-10-7-18-8-11-22/h1-5,13,17-18H,6-12,14H2. The molecule has 0 radical (unpaired) electrons. The molecular formula is C17H24N6. The van der Waals surface area contributed by atoms with Crippen LogP contribution in [0.1, 0.15) is 12.1 Å². The Morgan fingerprint density at radius 3 is 2.74 bits per heavy atom. The first kappa shape index (κ1) is 14.8. The molecule has 2 aromatic rings. The van der Waals surface area contributed by atoms with Crippen molar-refractivity contribution in [1.82, 2.24) is 30.1 Å². The van der Waals surface area contributed by atoms with Gasteiger partial charge in [0.25, 0.3) is 0 Å². The number of aromatic nitrogens is 3. The van der Waals surface area contributed by atoms with E-state index in [-0.39, 0.29) is 0 Å². The smallest absolute Gasteiger partial charge is 0.0971 e. The molecule has 1 aromatic carbocycles. The van der Waals surface area contributed by atoms with Gasteiger partial charge in [-0.3, -0.25) is 9.80 Å². The zero-order chi connectivity index (χ0) is 15.5. The van der Waals surface area contributed by atoms with E-state index in [9.17, 15) is 0 Å². The van der Waals surface area contributed by atoms with Crippen molar-refractivity contribution in [3.8, 4) is 5.69 Å². The van der Waals surface area contributed by atoms with Gasteiger partial charge in [-0.25, -0.2) is 4.68 Å². The van der Waals surface area contributed by atoms with E-state index in [4.69, 9.17) is 0 Å². The molecule has 6 nitrogen and oxygen atoms in total. The van der Waals surface area contributed by atoms with Crippen molar-refractivity contribution in [2.75, 3.05) is 39.3 Å². The van der Waals surface area contributed by atoms with Crippen LogP contribution >= 0.6 is 0 Å². The fraction of sp³-hybridized carbons (Fsp3) is 0.529. The van der Waals surface area contributed by atoms with Crippen molar-refractivity contribution in [3.05, 3.63) is 42.2 Å². The quantitative estimate of drug-likeness (QED) is 0.903. The number of benzene rings is 1. The Morgan fingerprint density at radius 2 is 1.91 bits per heavy atom. The number of likely N-dealkylation sites (tertiary alicyclic amines) is 1. The average Bonchev–Trinajstić information content (AvgIpc) is 3.27. The van der Waals surface area contributed by atoms with Crippen LogP contribution in [0.4, 0.5) is 0 Å². The van der Waals surface area contributed by atoms with Gasteiger partial charge in [-0.2, -0.15) is 0 Å². The highest BCUT2D eigenvalue weighted by atomic mass is 15.4. The molecule has 0 bridgehead atoms. The van der Waals surface area contributed by atoms with Gasteiger partial charge in [0.1, 0.15) is 0 Å². The first-order chi connectivity index (χ1) is 11.4. The van der Waals surface area contributed by atoms with Crippen molar-refractivity contribution in [1.29, 1.82) is 0 Å². The molecule has 3 heterocycles. The number of hydrogen-bond donors (Lipinski definition) is 1. The van der Waals surface area contributed by atoms with Gasteiger partial charge in [0.05, 0.1) is 17.6 Å². The molecule has 1 atom stereocenters. The molecular weight excluding hydrogens is 288 g/mol. The second-order valence-corrected chi connectivity index (χ2v) is 6.45. The molecule has 2 aliphatic heterocycles. The first-order valence-electron chi connectivity index (χ1n) is 8.52. The summed E-state index contributed by atoms with van der Waals surface area (Å²) in [6.07, 6.45) is 3.32. The van der Waals surface area contributed by atoms with Crippen LogP contribution in [0, 0.1) is 0 Å². The maximum absolute atomic E-state index is 4.34. The monoisotopic (exact) mass is 312 g/mol. The van der Waals surface area contributed by atoms with Crippen molar-refractivity contribution in [3.63, 3.8) is 0 Å². The summed E-state index contributed by atoms with van der Waals surface area (Å²) in [5.41, 5.74) is 2.11. The van der Waals surface area contributed by atoms with E-state index >= 15 is 0 Å². The predicted octanol–water partition coefficient (Wildman–Crippen LogP) is 0.747. The molecule has 1 aromatic heterocycles. The minimum absolute atomic E-state index is 0.710. The van der Waals surface area contributed by atoms with E-state index in [1.165, 1.54) is 19.5 Å². The maximum atomic E-state index is 4.34. The summed E-state index contributed by atoms with van der Waals surface area (Å²) in [7, 11) is 0. The molecule has 1 N–H and O–H groups in total. The summed E-state index contributed by atoms with van der Waals surface area (Å²) < 4.78 is 1.86. The van der Waals surface area contributed by atoms with Gasteiger partial charge in [-0.05, 0) is 18.6 Å². The number of nitrogens with zero attached hydrogens (tertiary/aromatic N) is 5. The summed E-state index contributed by atoms with van der Waals surface area (Å²) >= 11 is 0. The second kappa shape index (κ2) is 6.78. The Balaban J connectivity index is 1.35. The number of rotatable bonds is 4. The van der Waals surface area contributed by atoms with Crippen molar-refractivity contribution in [2.24, 2.45) is 0 Å². The largest absolute Gasteiger partial charge is 0.314 e. The Hall–Kier alpha value is -1.76. The van der Waals surface area contributed by atoms with E-state index in [1.54, 1.807) is 0 Å². The highest BCUT2D eigenvalue weighted by molar-refractivity contribution is 5.29. The van der Waals surface area contributed by atoms with E-state index in [1.807, 2.05) is 29.1 Å². The predicted molar refractivity (Wildman–Crippen MR) is 89.5 cm³/mol. The van der Waals surface area contributed by atoms with Crippen LogP contribution in [-0.2, 0) is 6.54 Å². The van der Waals surface area contributed by atoms with Crippen molar-refractivity contribution in [2.45, 2.75) is 19.0 Å². The minimum Gasteiger partial charge on any atom is -0.314 e.